The van der Waals surface area contributed by atoms with Crippen molar-refractivity contribution in [3.63, 3.8) is 0 Å². The molecule has 1 aliphatic heterocycles. The van der Waals surface area contributed by atoms with Crippen LogP contribution in [0.25, 0.3) is 0 Å². The van der Waals surface area contributed by atoms with Crippen molar-refractivity contribution in [2.75, 3.05) is 27.3 Å². The van der Waals surface area contributed by atoms with Crippen molar-refractivity contribution in [3.8, 4) is 5.75 Å². The number of methoxy groups -OCH3 is 1. The highest BCUT2D eigenvalue weighted by molar-refractivity contribution is 5.76. The van der Waals surface area contributed by atoms with Gasteiger partial charge in [0.15, 0.2) is 6.10 Å². The summed E-state index contributed by atoms with van der Waals surface area (Å²) in [4.78, 5) is 22.4. The van der Waals surface area contributed by atoms with Gasteiger partial charge in [-0.25, -0.2) is 4.79 Å². The Morgan fingerprint density at radius 2 is 2.18 bits per heavy atom. The van der Waals surface area contributed by atoms with E-state index in [2.05, 4.69) is 10.6 Å². The van der Waals surface area contributed by atoms with E-state index in [-0.39, 0.29) is 18.1 Å². The fourth-order valence-electron chi connectivity index (χ4n) is 2.12. The Kier molecular flexibility index (Phi) is 5.60. The number of benzene rings is 1. The zero-order valence-electron chi connectivity index (χ0n) is 12.6. The molecule has 0 bridgehead atoms. The third-order valence-corrected chi connectivity index (χ3v) is 3.38. The predicted molar refractivity (Wildman–Crippen MR) is 78.8 cm³/mol. The number of amides is 1. The van der Waals surface area contributed by atoms with Gasteiger partial charge in [0.05, 0.1) is 13.7 Å². The van der Waals surface area contributed by atoms with Gasteiger partial charge in [0.25, 0.3) is 0 Å². The minimum atomic E-state index is -0.412. The van der Waals surface area contributed by atoms with E-state index in [1.807, 2.05) is 24.3 Å². The lowest BCUT2D eigenvalue weighted by Crippen LogP contribution is -2.36. The molecule has 0 aromatic heterocycles. The average molecular weight is 308 g/mol. The number of nitrogens with one attached hydrogen (secondary N) is 2. The smallest absolute Gasteiger partial charge is 0.407 e. The second kappa shape index (κ2) is 7.65. The summed E-state index contributed by atoms with van der Waals surface area (Å²) < 4.78 is 15.3. The molecule has 7 nitrogen and oxygen atoms in total. The second-order valence-electron chi connectivity index (χ2n) is 4.93. The topological polar surface area (TPSA) is 85.9 Å². The predicted octanol–water partition coefficient (Wildman–Crippen LogP) is 0.477. The summed E-state index contributed by atoms with van der Waals surface area (Å²) in [6.07, 6.45) is -0.141. The summed E-state index contributed by atoms with van der Waals surface area (Å²) in [6.45, 7) is 0.763. The highest BCUT2D eigenvalue weighted by Crippen LogP contribution is 2.15. The number of likely N-dealkylation sites (N-methyl/N-ethyl adjacent to an activating group) is 1. The van der Waals surface area contributed by atoms with Gasteiger partial charge in [-0.15, -0.1) is 0 Å². The van der Waals surface area contributed by atoms with Gasteiger partial charge in [-0.05, 0) is 31.2 Å². The first-order valence-electron chi connectivity index (χ1n) is 7.03. The quantitative estimate of drug-likeness (QED) is 0.713. The van der Waals surface area contributed by atoms with Gasteiger partial charge >= 0.3 is 12.1 Å². The maximum Gasteiger partial charge on any atom is 0.407 e. The fraction of sp³-hybridized carbons (Fsp3) is 0.467. The molecule has 1 heterocycles. The third kappa shape index (κ3) is 4.36. The van der Waals surface area contributed by atoms with Crippen molar-refractivity contribution in [3.05, 3.63) is 29.8 Å². The molecule has 1 aliphatic rings. The zero-order valence-corrected chi connectivity index (χ0v) is 12.6. The Balaban J connectivity index is 1.84. The number of ether oxygens (including phenoxy) is 3. The summed E-state index contributed by atoms with van der Waals surface area (Å²) >= 11 is 0. The van der Waals surface area contributed by atoms with Crippen LogP contribution in [0.1, 0.15) is 5.56 Å². The Bertz CT molecular complexity index is 517. The van der Waals surface area contributed by atoms with Crippen molar-refractivity contribution in [2.45, 2.75) is 18.6 Å². The van der Waals surface area contributed by atoms with Crippen molar-refractivity contribution < 1.29 is 23.8 Å². The molecule has 120 valence electrons. The molecule has 1 amide bonds. The van der Waals surface area contributed by atoms with Crippen LogP contribution in [0.5, 0.6) is 5.75 Å². The van der Waals surface area contributed by atoms with Gasteiger partial charge in [-0.2, -0.15) is 0 Å². The molecule has 1 aromatic rings. The fourth-order valence-corrected chi connectivity index (χ4v) is 2.12. The van der Waals surface area contributed by atoms with E-state index in [4.69, 9.17) is 14.2 Å². The molecule has 22 heavy (non-hydrogen) atoms. The highest BCUT2D eigenvalue weighted by atomic mass is 16.6. The van der Waals surface area contributed by atoms with E-state index in [1.54, 1.807) is 7.05 Å². The standard InChI is InChI=1S/C15H20N2O5/c1-16-13(14(18)20-2)7-10-3-5-11(6-4-10)21-9-12-8-17-15(19)22-12/h3-6,12-13,16H,7-9H2,1-2H3,(H,17,19). The molecule has 2 rings (SSSR count). The Morgan fingerprint density at radius 1 is 1.45 bits per heavy atom. The van der Waals surface area contributed by atoms with Gasteiger partial charge < -0.3 is 24.8 Å². The molecular formula is C15H20N2O5. The second-order valence-corrected chi connectivity index (χ2v) is 4.93. The SMILES string of the molecule is CNC(Cc1ccc(OCC2CNC(=O)O2)cc1)C(=O)OC. The van der Waals surface area contributed by atoms with Gasteiger partial charge in [0.2, 0.25) is 0 Å². The summed E-state index contributed by atoms with van der Waals surface area (Å²) in [7, 11) is 3.09. The number of rotatable bonds is 7. The Labute approximate surface area is 128 Å². The van der Waals surface area contributed by atoms with Crippen LogP contribution in [0, 0.1) is 0 Å². The first-order valence-corrected chi connectivity index (χ1v) is 7.03. The van der Waals surface area contributed by atoms with Crippen LogP contribution >= 0.6 is 0 Å². The van der Waals surface area contributed by atoms with E-state index in [0.717, 1.165) is 5.56 Å². The van der Waals surface area contributed by atoms with E-state index in [1.165, 1.54) is 7.11 Å². The van der Waals surface area contributed by atoms with Crippen LogP contribution in [-0.2, 0) is 20.7 Å². The highest BCUT2D eigenvalue weighted by Gasteiger charge is 2.23. The average Bonchev–Trinajstić information content (AvgIpc) is 2.96. The van der Waals surface area contributed by atoms with Crippen LogP contribution in [0.15, 0.2) is 24.3 Å². The minimum Gasteiger partial charge on any atom is -0.490 e. The molecule has 1 fully saturated rings. The van der Waals surface area contributed by atoms with Crippen LogP contribution in [0.3, 0.4) is 0 Å². The summed E-state index contributed by atoms with van der Waals surface area (Å²) in [5.74, 6) is 0.393. The van der Waals surface area contributed by atoms with Crippen molar-refractivity contribution in [2.24, 2.45) is 0 Å². The van der Waals surface area contributed by atoms with Gasteiger partial charge in [0.1, 0.15) is 18.4 Å². The van der Waals surface area contributed by atoms with E-state index in [9.17, 15) is 9.59 Å². The molecule has 1 saturated heterocycles. The van der Waals surface area contributed by atoms with E-state index >= 15 is 0 Å². The molecule has 0 spiro atoms. The third-order valence-electron chi connectivity index (χ3n) is 3.38. The van der Waals surface area contributed by atoms with Crippen molar-refractivity contribution >= 4 is 12.1 Å². The molecular weight excluding hydrogens is 288 g/mol. The van der Waals surface area contributed by atoms with E-state index in [0.29, 0.717) is 25.3 Å². The number of cyclic esters (lactones) is 1. The number of alkyl carbamates (subject to hydrolysis) is 1. The normalized spacial score (nSPS) is 18.3. The maximum atomic E-state index is 11.5. The lowest BCUT2D eigenvalue weighted by molar-refractivity contribution is -0.142. The summed E-state index contributed by atoms with van der Waals surface area (Å²) in [6, 6.07) is 7.05. The van der Waals surface area contributed by atoms with Crippen molar-refractivity contribution in [1.82, 2.24) is 10.6 Å². The molecule has 1 aromatic carbocycles. The molecule has 0 saturated carbocycles. The number of hydrogen-bond donors (Lipinski definition) is 2. The Hall–Kier alpha value is -2.28. The summed E-state index contributed by atoms with van der Waals surface area (Å²) in [5.41, 5.74) is 0.992. The molecule has 2 atom stereocenters. The number of carbonyl (C=O) groups is 2. The van der Waals surface area contributed by atoms with Crippen LogP contribution in [0.2, 0.25) is 0 Å². The van der Waals surface area contributed by atoms with Gasteiger partial charge in [0, 0.05) is 0 Å². The molecule has 2 unspecified atom stereocenters. The van der Waals surface area contributed by atoms with Crippen LogP contribution in [-0.4, -0.2) is 51.5 Å². The first kappa shape index (κ1) is 16.1. The van der Waals surface area contributed by atoms with Crippen LogP contribution < -0.4 is 15.4 Å². The van der Waals surface area contributed by atoms with Crippen molar-refractivity contribution in [1.29, 1.82) is 0 Å². The zero-order chi connectivity index (χ0) is 15.9. The minimum absolute atomic E-state index is 0.264. The molecule has 0 aliphatic carbocycles. The molecule has 0 radical (unpaired) electrons. The van der Waals surface area contributed by atoms with Gasteiger partial charge in [-0.1, -0.05) is 12.1 Å². The number of esters is 1. The largest absolute Gasteiger partial charge is 0.490 e. The lowest BCUT2D eigenvalue weighted by Gasteiger charge is -2.14. The first-order chi connectivity index (χ1) is 10.6. The Morgan fingerprint density at radius 3 is 2.73 bits per heavy atom. The summed E-state index contributed by atoms with van der Waals surface area (Å²) in [5, 5.41) is 5.49. The molecule has 2 N–H and O–H groups in total. The van der Waals surface area contributed by atoms with E-state index < -0.39 is 6.09 Å². The lowest BCUT2D eigenvalue weighted by atomic mass is 10.1. The maximum absolute atomic E-state index is 11.5. The van der Waals surface area contributed by atoms with Crippen LogP contribution in [0.4, 0.5) is 4.79 Å². The van der Waals surface area contributed by atoms with Gasteiger partial charge in [-0.3, -0.25) is 4.79 Å². The number of hydrogen-bond acceptors (Lipinski definition) is 6. The molecule has 7 heteroatoms. The number of carbonyl (C=O) groups excluding carboxylic acids is 2. The monoisotopic (exact) mass is 308 g/mol.